The Balaban J connectivity index is 2.58. The van der Waals surface area contributed by atoms with Gasteiger partial charge in [-0.15, -0.1) is 0 Å². The van der Waals surface area contributed by atoms with Crippen LogP contribution < -0.4 is 10.5 Å². The van der Waals surface area contributed by atoms with Crippen LogP contribution in [0.5, 0.6) is 5.75 Å². The predicted octanol–water partition coefficient (Wildman–Crippen LogP) is 2.91. The van der Waals surface area contributed by atoms with Crippen LogP contribution in [-0.2, 0) is 11.7 Å². The van der Waals surface area contributed by atoms with Gasteiger partial charge in [-0.3, -0.25) is 0 Å². The average molecular weight is 267 g/mol. The number of nitrogens with two attached hydrogens (primary N) is 1. The van der Waals surface area contributed by atoms with Gasteiger partial charge in [-0.05, 0) is 6.07 Å². The van der Waals surface area contributed by atoms with Crippen LogP contribution in [0.2, 0.25) is 0 Å². The number of rotatable bonds is 2. The van der Waals surface area contributed by atoms with Gasteiger partial charge in [0, 0.05) is 12.0 Å². The maximum absolute atomic E-state index is 13.1. The standard InChI is InChI=1S/C11H10F5NO/c1-18-8-6(9(17)5-10(9,12)13)3-2-4-7(8)11(14,15)16/h2-4H,5,17H2,1H3. The smallest absolute Gasteiger partial charge is 0.419 e. The minimum absolute atomic E-state index is 0.315. The minimum atomic E-state index is -4.68. The Morgan fingerprint density at radius 1 is 1.28 bits per heavy atom. The highest BCUT2D eigenvalue weighted by atomic mass is 19.4. The van der Waals surface area contributed by atoms with E-state index in [0.717, 1.165) is 25.3 Å². The first-order chi connectivity index (χ1) is 8.13. The molecular weight excluding hydrogens is 257 g/mol. The Morgan fingerprint density at radius 2 is 1.83 bits per heavy atom. The molecule has 1 aliphatic carbocycles. The predicted molar refractivity (Wildman–Crippen MR) is 53.4 cm³/mol. The molecule has 0 heterocycles. The zero-order valence-corrected chi connectivity index (χ0v) is 9.31. The van der Waals surface area contributed by atoms with Gasteiger partial charge in [-0.25, -0.2) is 8.78 Å². The molecule has 0 amide bonds. The highest BCUT2D eigenvalue weighted by Gasteiger charge is 2.71. The molecule has 100 valence electrons. The molecule has 2 nitrogen and oxygen atoms in total. The molecule has 18 heavy (non-hydrogen) atoms. The Bertz CT molecular complexity index is 485. The van der Waals surface area contributed by atoms with Crippen molar-refractivity contribution in [3.8, 4) is 5.75 Å². The molecule has 0 saturated heterocycles. The second-order valence-corrected chi connectivity index (χ2v) is 4.24. The van der Waals surface area contributed by atoms with Crippen LogP contribution in [0.15, 0.2) is 18.2 Å². The van der Waals surface area contributed by atoms with Gasteiger partial charge in [0.2, 0.25) is 0 Å². The van der Waals surface area contributed by atoms with Crippen molar-refractivity contribution < 1.29 is 26.7 Å². The maximum atomic E-state index is 13.1. The van der Waals surface area contributed by atoms with E-state index in [1.54, 1.807) is 0 Å². The fourth-order valence-electron chi connectivity index (χ4n) is 1.93. The van der Waals surface area contributed by atoms with Crippen LogP contribution >= 0.6 is 0 Å². The fourth-order valence-corrected chi connectivity index (χ4v) is 1.93. The van der Waals surface area contributed by atoms with Gasteiger partial charge in [0.15, 0.2) is 0 Å². The summed E-state index contributed by atoms with van der Waals surface area (Å²) in [6, 6.07) is 2.95. The molecule has 1 fully saturated rings. The summed E-state index contributed by atoms with van der Waals surface area (Å²) in [5.41, 5.74) is 1.95. The molecule has 1 atom stereocenters. The molecule has 1 aliphatic rings. The van der Waals surface area contributed by atoms with Gasteiger partial charge >= 0.3 is 6.18 Å². The lowest BCUT2D eigenvalue weighted by molar-refractivity contribution is -0.138. The normalized spacial score (nSPS) is 25.9. The second kappa shape index (κ2) is 3.57. The SMILES string of the molecule is COc1c(C(F)(F)F)cccc1C1(N)CC1(F)F. The van der Waals surface area contributed by atoms with E-state index in [-0.39, 0.29) is 5.56 Å². The van der Waals surface area contributed by atoms with Gasteiger partial charge in [0.25, 0.3) is 5.92 Å². The van der Waals surface area contributed by atoms with Gasteiger partial charge < -0.3 is 10.5 Å². The summed E-state index contributed by atoms with van der Waals surface area (Å²) < 4.78 is 69.1. The summed E-state index contributed by atoms with van der Waals surface area (Å²) in [5.74, 6) is -3.84. The minimum Gasteiger partial charge on any atom is -0.496 e. The van der Waals surface area contributed by atoms with E-state index in [1.807, 2.05) is 0 Å². The zero-order chi connectivity index (χ0) is 13.8. The lowest BCUT2D eigenvalue weighted by Gasteiger charge is -2.19. The first-order valence-electron chi connectivity index (χ1n) is 5.05. The highest BCUT2D eigenvalue weighted by Crippen LogP contribution is 2.60. The van der Waals surface area contributed by atoms with Crippen molar-refractivity contribution in [2.75, 3.05) is 7.11 Å². The van der Waals surface area contributed by atoms with Crippen LogP contribution in [0.25, 0.3) is 0 Å². The Hall–Kier alpha value is -1.37. The zero-order valence-electron chi connectivity index (χ0n) is 9.31. The average Bonchev–Trinajstić information content (AvgIpc) is 2.77. The topological polar surface area (TPSA) is 35.2 Å². The number of alkyl halides is 5. The van der Waals surface area contributed by atoms with Gasteiger partial charge in [0.05, 0.1) is 12.7 Å². The van der Waals surface area contributed by atoms with E-state index >= 15 is 0 Å². The van der Waals surface area contributed by atoms with Crippen LogP contribution in [0.1, 0.15) is 17.5 Å². The van der Waals surface area contributed by atoms with E-state index in [0.29, 0.717) is 0 Å². The van der Waals surface area contributed by atoms with E-state index in [4.69, 9.17) is 5.73 Å². The Kier molecular flexibility index (Phi) is 2.59. The molecule has 1 saturated carbocycles. The van der Waals surface area contributed by atoms with Crippen molar-refractivity contribution in [2.45, 2.75) is 24.1 Å². The lowest BCUT2D eigenvalue weighted by Crippen LogP contribution is -2.28. The third kappa shape index (κ3) is 1.73. The highest BCUT2D eigenvalue weighted by molar-refractivity contribution is 5.51. The maximum Gasteiger partial charge on any atom is 0.419 e. The largest absolute Gasteiger partial charge is 0.496 e. The molecule has 1 aromatic carbocycles. The van der Waals surface area contributed by atoms with Gasteiger partial charge in [-0.2, -0.15) is 13.2 Å². The number of para-hydroxylation sites is 1. The Labute approximate surface area is 99.5 Å². The third-order valence-corrected chi connectivity index (χ3v) is 3.03. The van der Waals surface area contributed by atoms with Crippen molar-refractivity contribution in [3.63, 3.8) is 0 Å². The van der Waals surface area contributed by atoms with Crippen molar-refractivity contribution in [3.05, 3.63) is 29.3 Å². The number of halogens is 5. The van der Waals surface area contributed by atoms with Crippen LogP contribution in [-0.4, -0.2) is 13.0 Å². The number of methoxy groups -OCH3 is 1. The van der Waals surface area contributed by atoms with E-state index in [2.05, 4.69) is 4.74 Å². The Morgan fingerprint density at radius 3 is 2.22 bits per heavy atom. The molecule has 0 aromatic heterocycles. The summed E-state index contributed by atoms with van der Waals surface area (Å²) >= 11 is 0. The quantitative estimate of drug-likeness (QED) is 0.836. The number of benzene rings is 1. The van der Waals surface area contributed by atoms with Crippen molar-refractivity contribution >= 4 is 0 Å². The van der Waals surface area contributed by atoms with Gasteiger partial charge in [0.1, 0.15) is 11.3 Å². The fraction of sp³-hybridized carbons (Fsp3) is 0.455. The summed E-state index contributed by atoms with van der Waals surface area (Å²) in [4.78, 5) is 0. The summed E-state index contributed by atoms with van der Waals surface area (Å²) in [6.07, 6.45) is -5.36. The number of ether oxygens (including phenoxy) is 1. The van der Waals surface area contributed by atoms with Crippen LogP contribution in [0, 0.1) is 0 Å². The third-order valence-electron chi connectivity index (χ3n) is 3.03. The van der Waals surface area contributed by atoms with E-state index in [9.17, 15) is 22.0 Å². The molecule has 0 radical (unpaired) electrons. The first-order valence-corrected chi connectivity index (χ1v) is 5.05. The molecule has 0 bridgehead atoms. The molecule has 0 aliphatic heterocycles. The van der Waals surface area contributed by atoms with Crippen LogP contribution in [0.4, 0.5) is 22.0 Å². The summed E-state index contributed by atoms with van der Waals surface area (Å²) in [6.45, 7) is 0. The number of hydrogen-bond acceptors (Lipinski definition) is 2. The van der Waals surface area contributed by atoms with Crippen LogP contribution in [0.3, 0.4) is 0 Å². The molecule has 2 rings (SSSR count). The van der Waals surface area contributed by atoms with E-state index < -0.39 is 35.4 Å². The molecule has 2 N–H and O–H groups in total. The molecule has 1 unspecified atom stereocenters. The van der Waals surface area contributed by atoms with Crippen molar-refractivity contribution in [1.82, 2.24) is 0 Å². The summed E-state index contributed by atoms with van der Waals surface area (Å²) in [5, 5.41) is 0. The molecule has 7 heteroatoms. The monoisotopic (exact) mass is 267 g/mol. The number of hydrogen-bond donors (Lipinski definition) is 1. The van der Waals surface area contributed by atoms with E-state index in [1.165, 1.54) is 0 Å². The molecular formula is C11H10F5NO. The molecule has 0 spiro atoms. The second-order valence-electron chi connectivity index (χ2n) is 4.24. The molecule has 1 aromatic rings. The van der Waals surface area contributed by atoms with Gasteiger partial charge in [-0.1, -0.05) is 12.1 Å². The summed E-state index contributed by atoms with van der Waals surface area (Å²) in [7, 11) is 0.998. The first kappa shape index (κ1) is 13.1. The van der Waals surface area contributed by atoms with Crippen molar-refractivity contribution in [2.24, 2.45) is 5.73 Å². The van der Waals surface area contributed by atoms with Crippen molar-refractivity contribution in [1.29, 1.82) is 0 Å². The lowest BCUT2D eigenvalue weighted by atomic mass is 10.00.